The molecule has 0 aliphatic heterocycles. The molecule has 0 heterocycles. The van der Waals surface area contributed by atoms with Gasteiger partial charge in [0.05, 0.1) is 0 Å². The fourth-order valence-electron chi connectivity index (χ4n) is 2.49. The molecule has 1 N–H and O–H groups in total. The SMILES string of the molecule is CC1CC1(CCC(=O)O)c1ccc(Br)cc1. The van der Waals surface area contributed by atoms with Crippen molar-refractivity contribution in [3.63, 3.8) is 0 Å². The minimum absolute atomic E-state index is 0.124. The number of hydrogen-bond donors (Lipinski definition) is 1. The lowest BCUT2D eigenvalue weighted by molar-refractivity contribution is -0.137. The van der Waals surface area contributed by atoms with Crippen LogP contribution in [-0.4, -0.2) is 11.1 Å². The van der Waals surface area contributed by atoms with Gasteiger partial charge in [0.1, 0.15) is 0 Å². The van der Waals surface area contributed by atoms with Crippen LogP contribution in [0.4, 0.5) is 0 Å². The molecular weight excluding hydrogens is 268 g/mol. The minimum atomic E-state index is -0.699. The molecule has 0 amide bonds. The Kier molecular flexibility index (Phi) is 3.06. The third-order valence-electron chi connectivity index (χ3n) is 3.66. The molecule has 0 radical (unpaired) electrons. The molecule has 0 bridgehead atoms. The maximum atomic E-state index is 10.7. The first-order valence-electron chi connectivity index (χ1n) is 5.52. The molecule has 1 aromatic carbocycles. The van der Waals surface area contributed by atoms with E-state index in [0.29, 0.717) is 5.92 Å². The summed E-state index contributed by atoms with van der Waals surface area (Å²) in [6, 6.07) is 8.27. The number of aliphatic carboxylic acids is 1. The first-order valence-corrected chi connectivity index (χ1v) is 6.32. The van der Waals surface area contributed by atoms with Gasteiger partial charge in [-0.2, -0.15) is 0 Å². The monoisotopic (exact) mass is 282 g/mol. The molecule has 2 unspecified atom stereocenters. The predicted molar refractivity (Wildman–Crippen MR) is 66.5 cm³/mol. The molecule has 0 saturated heterocycles. The van der Waals surface area contributed by atoms with Crippen molar-refractivity contribution in [2.45, 2.75) is 31.6 Å². The van der Waals surface area contributed by atoms with Gasteiger partial charge in [-0.05, 0) is 41.9 Å². The topological polar surface area (TPSA) is 37.3 Å². The number of carbonyl (C=O) groups is 1. The van der Waals surface area contributed by atoms with Crippen LogP contribution in [0.5, 0.6) is 0 Å². The summed E-state index contributed by atoms with van der Waals surface area (Å²) in [7, 11) is 0. The average molecular weight is 283 g/mol. The number of hydrogen-bond acceptors (Lipinski definition) is 1. The van der Waals surface area contributed by atoms with Gasteiger partial charge >= 0.3 is 5.97 Å². The van der Waals surface area contributed by atoms with E-state index in [1.54, 1.807) is 0 Å². The second-order valence-corrected chi connectivity index (χ2v) is 5.58. The average Bonchev–Trinajstić information content (AvgIpc) is 2.89. The number of rotatable bonds is 4. The van der Waals surface area contributed by atoms with Crippen LogP contribution in [0, 0.1) is 5.92 Å². The summed E-state index contributed by atoms with van der Waals surface area (Å²) in [6.07, 6.45) is 2.13. The van der Waals surface area contributed by atoms with Crippen molar-refractivity contribution in [3.05, 3.63) is 34.3 Å². The molecule has 16 heavy (non-hydrogen) atoms. The lowest BCUT2D eigenvalue weighted by Gasteiger charge is -2.16. The zero-order valence-corrected chi connectivity index (χ0v) is 10.8. The Morgan fingerprint density at radius 2 is 2.06 bits per heavy atom. The molecule has 2 rings (SSSR count). The van der Waals surface area contributed by atoms with Crippen molar-refractivity contribution in [2.75, 3.05) is 0 Å². The van der Waals surface area contributed by atoms with E-state index in [2.05, 4.69) is 35.0 Å². The zero-order valence-electron chi connectivity index (χ0n) is 9.24. The first kappa shape index (κ1) is 11.6. The number of halogens is 1. The normalized spacial score (nSPS) is 27.8. The number of carboxylic acid groups (broad SMARTS) is 1. The van der Waals surface area contributed by atoms with Crippen LogP contribution in [0.3, 0.4) is 0 Å². The Bertz CT molecular complexity index is 399. The molecule has 1 aliphatic carbocycles. The summed E-state index contributed by atoms with van der Waals surface area (Å²) < 4.78 is 1.07. The number of carboxylic acids is 1. The maximum Gasteiger partial charge on any atom is 0.303 e. The van der Waals surface area contributed by atoms with Crippen LogP contribution in [-0.2, 0) is 10.2 Å². The van der Waals surface area contributed by atoms with E-state index >= 15 is 0 Å². The summed E-state index contributed by atoms with van der Waals surface area (Å²) in [6.45, 7) is 2.20. The van der Waals surface area contributed by atoms with Gasteiger partial charge in [-0.1, -0.05) is 35.0 Å². The van der Waals surface area contributed by atoms with E-state index in [1.165, 1.54) is 5.56 Å². The molecule has 1 aromatic rings. The highest BCUT2D eigenvalue weighted by Crippen LogP contribution is 2.57. The largest absolute Gasteiger partial charge is 0.481 e. The van der Waals surface area contributed by atoms with Gasteiger partial charge in [-0.25, -0.2) is 0 Å². The Morgan fingerprint density at radius 3 is 2.50 bits per heavy atom. The Balaban J connectivity index is 2.16. The van der Waals surface area contributed by atoms with E-state index in [4.69, 9.17) is 5.11 Å². The van der Waals surface area contributed by atoms with Gasteiger partial charge in [-0.15, -0.1) is 0 Å². The Labute approximate surface area is 104 Å². The summed E-state index contributed by atoms with van der Waals surface area (Å²) in [4.78, 5) is 10.7. The fraction of sp³-hybridized carbons (Fsp3) is 0.462. The molecule has 2 nitrogen and oxygen atoms in total. The van der Waals surface area contributed by atoms with Crippen LogP contribution in [0.15, 0.2) is 28.7 Å². The van der Waals surface area contributed by atoms with Crippen LogP contribution < -0.4 is 0 Å². The van der Waals surface area contributed by atoms with Crippen LogP contribution >= 0.6 is 15.9 Å². The van der Waals surface area contributed by atoms with Gasteiger partial charge in [0.2, 0.25) is 0 Å². The van der Waals surface area contributed by atoms with E-state index in [1.807, 2.05) is 12.1 Å². The lowest BCUT2D eigenvalue weighted by Crippen LogP contribution is -2.11. The van der Waals surface area contributed by atoms with E-state index < -0.39 is 5.97 Å². The van der Waals surface area contributed by atoms with E-state index in [9.17, 15) is 4.79 Å². The van der Waals surface area contributed by atoms with Crippen molar-refractivity contribution in [3.8, 4) is 0 Å². The first-order chi connectivity index (χ1) is 7.54. The highest BCUT2D eigenvalue weighted by molar-refractivity contribution is 9.10. The van der Waals surface area contributed by atoms with Crippen LogP contribution in [0.1, 0.15) is 31.7 Å². The van der Waals surface area contributed by atoms with Gasteiger partial charge < -0.3 is 5.11 Å². The molecule has 86 valence electrons. The maximum absolute atomic E-state index is 10.7. The van der Waals surface area contributed by atoms with Gasteiger partial charge in [0.25, 0.3) is 0 Å². The van der Waals surface area contributed by atoms with Gasteiger partial charge in [0.15, 0.2) is 0 Å². The Hall–Kier alpha value is -0.830. The van der Waals surface area contributed by atoms with Crippen LogP contribution in [0.25, 0.3) is 0 Å². The van der Waals surface area contributed by atoms with Gasteiger partial charge in [-0.3, -0.25) is 4.79 Å². The molecule has 2 atom stereocenters. The summed E-state index contributed by atoms with van der Waals surface area (Å²) >= 11 is 3.42. The minimum Gasteiger partial charge on any atom is -0.481 e. The van der Waals surface area contributed by atoms with Crippen molar-refractivity contribution in [2.24, 2.45) is 5.92 Å². The molecule has 1 saturated carbocycles. The zero-order chi connectivity index (χ0) is 11.8. The van der Waals surface area contributed by atoms with Crippen LogP contribution in [0.2, 0.25) is 0 Å². The predicted octanol–water partition coefficient (Wildman–Crippen LogP) is 3.59. The molecule has 0 aromatic heterocycles. The number of benzene rings is 1. The molecule has 3 heteroatoms. The van der Waals surface area contributed by atoms with Gasteiger partial charge in [0, 0.05) is 10.9 Å². The summed E-state index contributed by atoms with van der Waals surface area (Å²) in [5.74, 6) is -0.0939. The third-order valence-corrected chi connectivity index (χ3v) is 4.19. The molecule has 1 fully saturated rings. The highest BCUT2D eigenvalue weighted by atomic mass is 79.9. The summed E-state index contributed by atoms with van der Waals surface area (Å²) in [5.41, 5.74) is 1.41. The molecule has 1 aliphatic rings. The summed E-state index contributed by atoms with van der Waals surface area (Å²) in [5, 5.41) is 8.77. The van der Waals surface area contributed by atoms with Crippen molar-refractivity contribution in [1.82, 2.24) is 0 Å². The standard InChI is InChI=1S/C13H15BrO2/c1-9-8-13(9,7-6-12(15)16)10-2-4-11(14)5-3-10/h2-5,9H,6-8H2,1H3,(H,15,16). The smallest absolute Gasteiger partial charge is 0.303 e. The van der Waals surface area contributed by atoms with Crippen molar-refractivity contribution >= 4 is 21.9 Å². The van der Waals surface area contributed by atoms with E-state index in [-0.39, 0.29) is 11.8 Å². The molecular formula is C13H15BrO2. The van der Waals surface area contributed by atoms with Crippen molar-refractivity contribution in [1.29, 1.82) is 0 Å². The quantitative estimate of drug-likeness (QED) is 0.916. The Morgan fingerprint density at radius 1 is 1.50 bits per heavy atom. The van der Waals surface area contributed by atoms with Crippen molar-refractivity contribution < 1.29 is 9.90 Å². The lowest BCUT2D eigenvalue weighted by atomic mass is 9.89. The van der Waals surface area contributed by atoms with E-state index in [0.717, 1.165) is 17.3 Å². The molecule has 0 spiro atoms. The second-order valence-electron chi connectivity index (χ2n) is 4.66. The fourth-order valence-corrected chi connectivity index (χ4v) is 2.76. The second kappa shape index (κ2) is 4.21. The highest BCUT2D eigenvalue weighted by Gasteiger charge is 2.51. The third kappa shape index (κ3) is 2.14.